The fraction of sp³-hybridized carbons (Fsp3) is 0.100. The molecule has 2 rings (SSSR count). The SMILES string of the molecule is NCc1ncoc1-c1ccc(I)cc1. The number of benzene rings is 1. The number of hydrogen-bond donors (Lipinski definition) is 1. The van der Waals surface area contributed by atoms with Crippen molar-refractivity contribution in [2.45, 2.75) is 6.54 Å². The molecule has 0 radical (unpaired) electrons. The van der Waals surface area contributed by atoms with Crippen LogP contribution < -0.4 is 5.73 Å². The first-order valence-electron chi connectivity index (χ1n) is 4.19. The van der Waals surface area contributed by atoms with Crippen molar-refractivity contribution >= 4 is 22.6 Å². The standard InChI is InChI=1S/C10H9IN2O/c11-8-3-1-7(2-4-8)10-9(5-12)13-6-14-10/h1-4,6H,5,12H2. The molecule has 14 heavy (non-hydrogen) atoms. The van der Waals surface area contributed by atoms with Gasteiger partial charge in [0, 0.05) is 15.7 Å². The number of oxazole rings is 1. The number of aromatic nitrogens is 1. The third-order valence-electron chi connectivity index (χ3n) is 1.94. The van der Waals surface area contributed by atoms with Gasteiger partial charge in [0.05, 0.1) is 0 Å². The van der Waals surface area contributed by atoms with Gasteiger partial charge in [-0.25, -0.2) is 4.98 Å². The number of nitrogens with zero attached hydrogens (tertiary/aromatic N) is 1. The highest BCUT2D eigenvalue weighted by Gasteiger charge is 2.08. The van der Waals surface area contributed by atoms with E-state index in [4.69, 9.17) is 10.2 Å². The fourth-order valence-electron chi connectivity index (χ4n) is 1.25. The zero-order valence-corrected chi connectivity index (χ0v) is 9.56. The van der Waals surface area contributed by atoms with E-state index in [0.29, 0.717) is 6.54 Å². The van der Waals surface area contributed by atoms with Gasteiger partial charge in [0.2, 0.25) is 0 Å². The molecule has 1 aromatic heterocycles. The summed E-state index contributed by atoms with van der Waals surface area (Å²) in [6, 6.07) is 8.06. The Labute approximate surface area is 95.5 Å². The predicted octanol–water partition coefficient (Wildman–Crippen LogP) is 2.40. The highest BCUT2D eigenvalue weighted by molar-refractivity contribution is 14.1. The minimum absolute atomic E-state index is 0.401. The predicted molar refractivity (Wildman–Crippen MR) is 62.5 cm³/mol. The third-order valence-corrected chi connectivity index (χ3v) is 2.66. The van der Waals surface area contributed by atoms with Crippen LogP contribution in [0.1, 0.15) is 5.69 Å². The van der Waals surface area contributed by atoms with Gasteiger partial charge in [0.1, 0.15) is 5.69 Å². The van der Waals surface area contributed by atoms with Crippen molar-refractivity contribution < 1.29 is 4.42 Å². The lowest BCUT2D eigenvalue weighted by atomic mass is 10.1. The number of halogens is 1. The van der Waals surface area contributed by atoms with Gasteiger partial charge in [-0.05, 0) is 34.7 Å². The summed E-state index contributed by atoms with van der Waals surface area (Å²) >= 11 is 2.26. The molecule has 0 amide bonds. The van der Waals surface area contributed by atoms with Crippen molar-refractivity contribution in [2.75, 3.05) is 0 Å². The van der Waals surface area contributed by atoms with Crippen LogP contribution in [0.25, 0.3) is 11.3 Å². The van der Waals surface area contributed by atoms with Crippen molar-refractivity contribution in [3.05, 3.63) is 39.9 Å². The van der Waals surface area contributed by atoms with Crippen molar-refractivity contribution in [3.63, 3.8) is 0 Å². The van der Waals surface area contributed by atoms with Crippen LogP contribution in [0.3, 0.4) is 0 Å². The number of hydrogen-bond acceptors (Lipinski definition) is 3. The average molecular weight is 300 g/mol. The maximum atomic E-state index is 5.54. The zero-order chi connectivity index (χ0) is 9.97. The maximum absolute atomic E-state index is 5.54. The maximum Gasteiger partial charge on any atom is 0.181 e. The molecule has 0 fully saturated rings. The van der Waals surface area contributed by atoms with E-state index >= 15 is 0 Å². The van der Waals surface area contributed by atoms with Crippen molar-refractivity contribution in [1.29, 1.82) is 0 Å². The lowest BCUT2D eigenvalue weighted by Crippen LogP contribution is -1.97. The Morgan fingerprint density at radius 3 is 2.64 bits per heavy atom. The Bertz CT molecular complexity index is 422. The van der Waals surface area contributed by atoms with Crippen LogP contribution in [-0.4, -0.2) is 4.98 Å². The summed E-state index contributed by atoms with van der Waals surface area (Å²) in [4.78, 5) is 4.04. The highest BCUT2D eigenvalue weighted by Crippen LogP contribution is 2.23. The van der Waals surface area contributed by atoms with Crippen molar-refractivity contribution in [1.82, 2.24) is 4.98 Å². The van der Waals surface area contributed by atoms with Gasteiger partial charge < -0.3 is 10.2 Å². The Morgan fingerprint density at radius 2 is 2.00 bits per heavy atom. The van der Waals surface area contributed by atoms with Crippen LogP contribution in [0.15, 0.2) is 35.1 Å². The molecule has 0 saturated heterocycles. The second-order valence-corrected chi connectivity index (χ2v) is 4.08. The Hall–Kier alpha value is -0.880. The molecule has 0 unspecified atom stereocenters. The van der Waals surface area contributed by atoms with Gasteiger partial charge in [-0.2, -0.15) is 0 Å². The largest absolute Gasteiger partial charge is 0.443 e. The Balaban J connectivity index is 2.44. The summed E-state index contributed by atoms with van der Waals surface area (Å²) in [5.74, 6) is 0.768. The van der Waals surface area contributed by atoms with E-state index in [1.54, 1.807) is 0 Å². The van der Waals surface area contributed by atoms with Gasteiger partial charge in [-0.1, -0.05) is 12.1 Å². The van der Waals surface area contributed by atoms with Gasteiger partial charge in [-0.15, -0.1) is 0 Å². The van der Waals surface area contributed by atoms with Crippen LogP contribution in [0.4, 0.5) is 0 Å². The zero-order valence-electron chi connectivity index (χ0n) is 7.40. The van der Waals surface area contributed by atoms with Gasteiger partial charge >= 0.3 is 0 Å². The minimum Gasteiger partial charge on any atom is -0.443 e. The second kappa shape index (κ2) is 4.10. The molecule has 0 atom stereocenters. The Morgan fingerprint density at radius 1 is 1.29 bits per heavy atom. The van der Waals surface area contributed by atoms with Gasteiger partial charge in [0.25, 0.3) is 0 Å². The number of rotatable bonds is 2. The molecule has 0 spiro atoms. The molecule has 0 aliphatic heterocycles. The highest BCUT2D eigenvalue weighted by atomic mass is 127. The molecule has 0 bridgehead atoms. The summed E-state index contributed by atoms with van der Waals surface area (Å²) in [6.45, 7) is 0.401. The normalized spacial score (nSPS) is 10.4. The molecule has 1 heterocycles. The van der Waals surface area contributed by atoms with Crippen LogP contribution in [0, 0.1) is 3.57 Å². The first kappa shape index (κ1) is 9.67. The lowest BCUT2D eigenvalue weighted by molar-refractivity contribution is 0.571. The van der Waals surface area contributed by atoms with Crippen molar-refractivity contribution in [2.24, 2.45) is 5.73 Å². The van der Waals surface area contributed by atoms with E-state index in [1.807, 2.05) is 24.3 Å². The summed E-state index contributed by atoms with van der Waals surface area (Å²) in [5.41, 5.74) is 7.35. The second-order valence-electron chi connectivity index (χ2n) is 2.84. The van der Waals surface area contributed by atoms with E-state index in [1.165, 1.54) is 9.96 Å². The first-order chi connectivity index (χ1) is 6.81. The summed E-state index contributed by atoms with van der Waals surface area (Å²) < 4.78 is 6.48. The molecule has 1 aromatic carbocycles. The summed E-state index contributed by atoms with van der Waals surface area (Å²) in [7, 11) is 0. The van der Waals surface area contributed by atoms with Gasteiger partial charge in [0.15, 0.2) is 12.2 Å². The molecule has 3 nitrogen and oxygen atoms in total. The van der Waals surface area contributed by atoms with E-state index in [-0.39, 0.29) is 0 Å². The van der Waals surface area contributed by atoms with E-state index in [2.05, 4.69) is 27.6 Å². The monoisotopic (exact) mass is 300 g/mol. The van der Waals surface area contributed by atoms with Crippen LogP contribution in [0.5, 0.6) is 0 Å². The first-order valence-corrected chi connectivity index (χ1v) is 5.27. The van der Waals surface area contributed by atoms with Crippen LogP contribution in [0.2, 0.25) is 0 Å². The molecular weight excluding hydrogens is 291 g/mol. The van der Waals surface area contributed by atoms with E-state index in [9.17, 15) is 0 Å². The molecule has 2 aromatic rings. The number of nitrogens with two attached hydrogens (primary N) is 1. The Kier molecular flexibility index (Phi) is 2.83. The van der Waals surface area contributed by atoms with E-state index in [0.717, 1.165) is 17.0 Å². The van der Waals surface area contributed by atoms with Crippen LogP contribution >= 0.6 is 22.6 Å². The van der Waals surface area contributed by atoms with E-state index < -0.39 is 0 Å². The molecule has 0 aliphatic carbocycles. The third kappa shape index (κ3) is 1.80. The summed E-state index contributed by atoms with van der Waals surface area (Å²) in [5, 5.41) is 0. The smallest absolute Gasteiger partial charge is 0.181 e. The fourth-order valence-corrected chi connectivity index (χ4v) is 1.61. The quantitative estimate of drug-likeness (QED) is 0.867. The molecular formula is C10H9IN2O. The summed E-state index contributed by atoms with van der Waals surface area (Å²) in [6.07, 6.45) is 1.43. The molecule has 0 aliphatic rings. The minimum atomic E-state index is 0.401. The molecule has 4 heteroatoms. The van der Waals surface area contributed by atoms with Crippen molar-refractivity contribution in [3.8, 4) is 11.3 Å². The molecule has 72 valence electrons. The van der Waals surface area contributed by atoms with Crippen LogP contribution in [-0.2, 0) is 6.54 Å². The van der Waals surface area contributed by atoms with Gasteiger partial charge in [-0.3, -0.25) is 0 Å². The average Bonchev–Trinajstić information content (AvgIpc) is 2.67. The topological polar surface area (TPSA) is 52.0 Å². The lowest BCUT2D eigenvalue weighted by Gasteiger charge is -1.98. The molecule has 0 saturated carbocycles. The molecule has 2 N–H and O–H groups in total.